The van der Waals surface area contributed by atoms with E-state index in [9.17, 15) is 4.79 Å². The largest absolute Gasteiger partial charge is 0.467 e. The maximum atomic E-state index is 10.3. The van der Waals surface area contributed by atoms with Crippen LogP contribution in [-0.4, -0.2) is 23.1 Å². The van der Waals surface area contributed by atoms with Crippen LogP contribution in [-0.2, 0) is 6.54 Å². The number of nitrogens with zero attached hydrogens (tertiary/aromatic N) is 1. The molecule has 11 heavy (non-hydrogen) atoms. The molecular weight excluding hydrogens is 146 g/mol. The average Bonchev–Trinajstić information content (AvgIpc) is 2.39. The highest BCUT2D eigenvalue weighted by atomic mass is 16.4. The van der Waals surface area contributed by atoms with Gasteiger partial charge in [-0.05, 0) is 12.1 Å². The summed E-state index contributed by atoms with van der Waals surface area (Å²) in [5.74, 6) is 0.648. The van der Waals surface area contributed by atoms with Crippen molar-refractivity contribution in [2.45, 2.75) is 6.54 Å². The lowest BCUT2D eigenvalue weighted by atomic mass is 10.4. The van der Waals surface area contributed by atoms with Crippen molar-refractivity contribution in [2.24, 2.45) is 0 Å². The number of amides is 1. The van der Waals surface area contributed by atoms with Crippen molar-refractivity contribution < 1.29 is 14.3 Å². The molecule has 1 amide bonds. The van der Waals surface area contributed by atoms with Gasteiger partial charge in [-0.3, -0.25) is 0 Å². The van der Waals surface area contributed by atoms with E-state index in [4.69, 9.17) is 9.52 Å². The van der Waals surface area contributed by atoms with E-state index in [-0.39, 0.29) is 0 Å². The Hall–Kier alpha value is -1.45. The van der Waals surface area contributed by atoms with E-state index in [0.29, 0.717) is 12.3 Å². The molecule has 0 unspecified atom stereocenters. The highest BCUT2D eigenvalue weighted by Crippen LogP contribution is 2.02. The van der Waals surface area contributed by atoms with E-state index in [2.05, 4.69) is 0 Å². The number of rotatable bonds is 2. The van der Waals surface area contributed by atoms with Crippen LogP contribution < -0.4 is 0 Å². The summed E-state index contributed by atoms with van der Waals surface area (Å²) >= 11 is 0. The van der Waals surface area contributed by atoms with Gasteiger partial charge in [-0.15, -0.1) is 0 Å². The van der Waals surface area contributed by atoms with E-state index in [1.807, 2.05) is 0 Å². The predicted molar refractivity (Wildman–Crippen MR) is 38.2 cm³/mol. The number of hydrogen-bond donors (Lipinski definition) is 1. The lowest BCUT2D eigenvalue weighted by Crippen LogP contribution is -2.23. The standard InChI is InChI=1S/C7H9NO3/c1-8(7(9)10)5-6-3-2-4-11-6/h2-4H,5H2,1H3,(H,9,10). The second-order valence-electron chi connectivity index (χ2n) is 2.22. The third kappa shape index (κ3) is 2.00. The van der Waals surface area contributed by atoms with Gasteiger partial charge in [0, 0.05) is 7.05 Å². The van der Waals surface area contributed by atoms with Crippen molar-refractivity contribution in [1.29, 1.82) is 0 Å². The van der Waals surface area contributed by atoms with Crippen molar-refractivity contribution in [3.8, 4) is 0 Å². The molecule has 0 aliphatic rings. The minimum Gasteiger partial charge on any atom is -0.467 e. The summed E-state index contributed by atoms with van der Waals surface area (Å²) in [5.41, 5.74) is 0. The molecule has 0 bridgehead atoms. The Kier molecular flexibility index (Phi) is 2.15. The Balaban J connectivity index is 2.50. The van der Waals surface area contributed by atoms with E-state index in [1.165, 1.54) is 13.3 Å². The second kappa shape index (κ2) is 3.09. The topological polar surface area (TPSA) is 53.7 Å². The number of furan rings is 1. The van der Waals surface area contributed by atoms with Crippen LogP contribution in [0.5, 0.6) is 0 Å². The van der Waals surface area contributed by atoms with Crippen molar-refractivity contribution >= 4 is 6.09 Å². The molecule has 1 N–H and O–H groups in total. The Labute approximate surface area is 64.0 Å². The van der Waals surface area contributed by atoms with Crippen molar-refractivity contribution in [3.63, 3.8) is 0 Å². The zero-order valence-electron chi connectivity index (χ0n) is 6.15. The van der Waals surface area contributed by atoms with Gasteiger partial charge in [0.05, 0.1) is 12.8 Å². The molecule has 1 aromatic heterocycles. The van der Waals surface area contributed by atoms with Crippen molar-refractivity contribution in [1.82, 2.24) is 4.90 Å². The third-order valence-corrected chi connectivity index (χ3v) is 1.30. The molecule has 0 spiro atoms. The van der Waals surface area contributed by atoms with E-state index in [0.717, 1.165) is 4.90 Å². The normalized spacial score (nSPS) is 9.55. The first-order chi connectivity index (χ1) is 5.20. The highest BCUT2D eigenvalue weighted by molar-refractivity contribution is 5.64. The van der Waals surface area contributed by atoms with Crippen LogP contribution >= 0.6 is 0 Å². The molecule has 0 atom stereocenters. The summed E-state index contributed by atoms with van der Waals surface area (Å²) in [6, 6.07) is 3.46. The molecule has 1 heterocycles. The molecule has 1 aromatic rings. The van der Waals surface area contributed by atoms with Gasteiger partial charge in [0.2, 0.25) is 0 Å². The number of carbonyl (C=O) groups is 1. The second-order valence-corrected chi connectivity index (χ2v) is 2.22. The highest BCUT2D eigenvalue weighted by Gasteiger charge is 2.06. The maximum absolute atomic E-state index is 10.3. The molecule has 0 fully saturated rings. The first-order valence-corrected chi connectivity index (χ1v) is 3.16. The smallest absolute Gasteiger partial charge is 0.407 e. The fraction of sp³-hybridized carbons (Fsp3) is 0.286. The van der Waals surface area contributed by atoms with Crippen LogP contribution in [0.3, 0.4) is 0 Å². The summed E-state index contributed by atoms with van der Waals surface area (Å²) in [6.45, 7) is 0.294. The molecule has 60 valence electrons. The molecule has 0 aliphatic heterocycles. The quantitative estimate of drug-likeness (QED) is 0.702. The van der Waals surface area contributed by atoms with Crippen LogP contribution in [0.1, 0.15) is 5.76 Å². The van der Waals surface area contributed by atoms with Gasteiger partial charge in [0.15, 0.2) is 0 Å². The lowest BCUT2D eigenvalue weighted by molar-refractivity contribution is 0.150. The van der Waals surface area contributed by atoms with Gasteiger partial charge >= 0.3 is 6.09 Å². The van der Waals surface area contributed by atoms with Gasteiger partial charge in [0.25, 0.3) is 0 Å². The van der Waals surface area contributed by atoms with Crippen LogP contribution in [0.4, 0.5) is 4.79 Å². The van der Waals surface area contributed by atoms with E-state index < -0.39 is 6.09 Å². The van der Waals surface area contributed by atoms with Gasteiger partial charge in [0.1, 0.15) is 5.76 Å². The minimum absolute atomic E-state index is 0.294. The molecule has 1 rings (SSSR count). The zero-order valence-corrected chi connectivity index (χ0v) is 6.15. The Morgan fingerprint density at radius 2 is 2.55 bits per heavy atom. The predicted octanol–water partition coefficient (Wildman–Crippen LogP) is 1.39. The van der Waals surface area contributed by atoms with Gasteiger partial charge in [-0.25, -0.2) is 4.79 Å². The van der Waals surface area contributed by atoms with Crippen LogP contribution in [0.2, 0.25) is 0 Å². The van der Waals surface area contributed by atoms with Gasteiger partial charge in [-0.2, -0.15) is 0 Å². The van der Waals surface area contributed by atoms with E-state index in [1.54, 1.807) is 12.1 Å². The number of hydrogen-bond acceptors (Lipinski definition) is 2. The Morgan fingerprint density at radius 3 is 3.00 bits per heavy atom. The van der Waals surface area contributed by atoms with Crippen molar-refractivity contribution in [2.75, 3.05) is 7.05 Å². The van der Waals surface area contributed by atoms with E-state index >= 15 is 0 Å². The minimum atomic E-state index is -0.957. The Bertz CT molecular complexity index is 230. The average molecular weight is 155 g/mol. The molecule has 4 heteroatoms. The molecule has 0 aliphatic carbocycles. The fourth-order valence-corrected chi connectivity index (χ4v) is 0.704. The SMILES string of the molecule is CN(Cc1ccco1)C(=O)O. The molecular formula is C7H9NO3. The third-order valence-electron chi connectivity index (χ3n) is 1.30. The summed E-state index contributed by atoms with van der Waals surface area (Å²) in [5, 5.41) is 8.47. The summed E-state index contributed by atoms with van der Waals surface area (Å²) < 4.78 is 4.95. The molecule has 0 saturated heterocycles. The van der Waals surface area contributed by atoms with Gasteiger partial charge in [-0.1, -0.05) is 0 Å². The molecule has 4 nitrogen and oxygen atoms in total. The first kappa shape index (κ1) is 7.65. The van der Waals surface area contributed by atoms with Crippen LogP contribution in [0.15, 0.2) is 22.8 Å². The van der Waals surface area contributed by atoms with Crippen LogP contribution in [0, 0.1) is 0 Å². The van der Waals surface area contributed by atoms with Gasteiger partial charge < -0.3 is 14.4 Å². The fourth-order valence-electron chi connectivity index (χ4n) is 0.704. The maximum Gasteiger partial charge on any atom is 0.407 e. The summed E-state index contributed by atoms with van der Waals surface area (Å²) in [6.07, 6.45) is 0.562. The lowest BCUT2D eigenvalue weighted by Gasteiger charge is -2.09. The Morgan fingerprint density at radius 1 is 1.82 bits per heavy atom. The summed E-state index contributed by atoms with van der Waals surface area (Å²) in [7, 11) is 1.49. The number of carboxylic acid groups (broad SMARTS) is 1. The van der Waals surface area contributed by atoms with Crippen molar-refractivity contribution in [3.05, 3.63) is 24.2 Å². The molecule has 0 saturated carbocycles. The van der Waals surface area contributed by atoms with Crippen LogP contribution in [0.25, 0.3) is 0 Å². The zero-order chi connectivity index (χ0) is 8.27. The molecule has 0 aromatic carbocycles. The first-order valence-electron chi connectivity index (χ1n) is 3.16. The monoisotopic (exact) mass is 155 g/mol. The summed E-state index contributed by atoms with van der Waals surface area (Å²) in [4.78, 5) is 11.5. The molecule has 0 radical (unpaired) electrons.